The number of carbonyl (C=O) groups is 1. The lowest BCUT2D eigenvalue weighted by atomic mass is 10.0. The van der Waals surface area contributed by atoms with Crippen LogP contribution in [0, 0.1) is 6.92 Å². The van der Waals surface area contributed by atoms with Crippen LogP contribution < -0.4 is 5.32 Å². The van der Waals surface area contributed by atoms with Crippen molar-refractivity contribution in [3.8, 4) is 10.4 Å². The minimum Gasteiger partial charge on any atom is -0.464 e. The first-order valence-corrected chi connectivity index (χ1v) is 13.0. The molecular weight excluding hydrogens is 458 g/mol. The highest BCUT2D eigenvalue weighted by Gasteiger charge is 2.37. The van der Waals surface area contributed by atoms with E-state index in [9.17, 15) is 13.2 Å². The number of nitrogens with zero attached hydrogens (tertiary/aromatic N) is 2. The molecule has 3 heterocycles. The molecule has 1 aliphatic heterocycles. The van der Waals surface area contributed by atoms with E-state index in [4.69, 9.17) is 4.42 Å². The molecule has 1 atom stereocenters. The lowest BCUT2D eigenvalue weighted by Crippen LogP contribution is -2.49. The third kappa shape index (κ3) is 4.31. The predicted octanol–water partition coefficient (Wildman–Crippen LogP) is 5.05. The lowest BCUT2D eigenvalue weighted by molar-refractivity contribution is -0.120. The first kappa shape index (κ1) is 21.8. The Kier molecular flexibility index (Phi) is 5.77. The van der Waals surface area contributed by atoms with Crippen molar-refractivity contribution in [3.63, 3.8) is 0 Å². The molecule has 1 saturated heterocycles. The van der Waals surface area contributed by atoms with Gasteiger partial charge in [0.05, 0.1) is 16.0 Å². The third-order valence-corrected chi connectivity index (χ3v) is 8.74. The summed E-state index contributed by atoms with van der Waals surface area (Å²) in [7, 11) is -3.77. The Bertz CT molecular complexity index is 1410. The fourth-order valence-electron chi connectivity index (χ4n) is 4.07. The van der Waals surface area contributed by atoms with E-state index in [2.05, 4.69) is 10.3 Å². The number of sulfonamides is 1. The van der Waals surface area contributed by atoms with Gasteiger partial charge in [0.25, 0.3) is 0 Å². The molecule has 4 aromatic rings. The Morgan fingerprint density at radius 3 is 2.79 bits per heavy atom. The molecule has 2 aromatic carbocycles. The van der Waals surface area contributed by atoms with E-state index in [-0.39, 0.29) is 10.8 Å². The molecule has 2 aromatic heterocycles. The molecular formula is C24H23N3O4S2. The highest BCUT2D eigenvalue weighted by Crippen LogP contribution is 2.32. The second kappa shape index (κ2) is 8.74. The molecule has 0 aliphatic carbocycles. The summed E-state index contributed by atoms with van der Waals surface area (Å²) in [4.78, 5) is 18.6. The maximum absolute atomic E-state index is 13.3. The zero-order valence-electron chi connectivity index (χ0n) is 18.0. The second-order valence-corrected chi connectivity index (χ2v) is 11.1. The Labute approximate surface area is 196 Å². The Morgan fingerprint density at radius 2 is 1.97 bits per heavy atom. The van der Waals surface area contributed by atoms with E-state index in [0.717, 1.165) is 39.8 Å². The Hall–Kier alpha value is -3.01. The number of hydrogen-bond donors (Lipinski definition) is 1. The smallest absolute Gasteiger partial charge is 0.244 e. The van der Waals surface area contributed by atoms with Gasteiger partial charge in [0.15, 0.2) is 5.13 Å². The predicted molar refractivity (Wildman–Crippen MR) is 129 cm³/mol. The van der Waals surface area contributed by atoms with Gasteiger partial charge in [0.2, 0.25) is 15.9 Å². The van der Waals surface area contributed by atoms with Gasteiger partial charge in [-0.3, -0.25) is 4.79 Å². The number of nitrogens with one attached hydrogen (secondary N) is 1. The molecule has 5 rings (SSSR count). The van der Waals surface area contributed by atoms with E-state index < -0.39 is 16.1 Å². The molecule has 33 heavy (non-hydrogen) atoms. The van der Waals surface area contributed by atoms with Crippen molar-refractivity contribution >= 4 is 43.4 Å². The summed E-state index contributed by atoms with van der Waals surface area (Å²) in [6.45, 7) is 2.23. The summed E-state index contributed by atoms with van der Waals surface area (Å²) < 4.78 is 33.2. The van der Waals surface area contributed by atoms with E-state index in [0.29, 0.717) is 18.1 Å². The van der Waals surface area contributed by atoms with Crippen LogP contribution in [0.2, 0.25) is 0 Å². The average Bonchev–Trinajstić information content (AvgIpc) is 3.48. The molecule has 0 unspecified atom stereocenters. The molecule has 1 amide bonds. The summed E-state index contributed by atoms with van der Waals surface area (Å²) in [6.07, 6.45) is 5.36. The summed E-state index contributed by atoms with van der Waals surface area (Å²) in [5.41, 5.74) is 2.76. The first-order valence-electron chi connectivity index (χ1n) is 10.7. The van der Waals surface area contributed by atoms with Crippen molar-refractivity contribution in [2.45, 2.75) is 37.1 Å². The number of amides is 1. The maximum atomic E-state index is 13.3. The number of thiazole rings is 1. The number of fused-ring (bicyclic) bond motifs is 1. The first-order chi connectivity index (χ1) is 15.9. The minimum atomic E-state index is -3.77. The minimum absolute atomic E-state index is 0.207. The van der Waals surface area contributed by atoms with Crippen LogP contribution in [0.5, 0.6) is 0 Å². The van der Waals surface area contributed by atoms with E-state index in [1.807, 2.05) is 31.2 Å². The highest BCUT2D eigenvalue weighted by atomic mass is 32.2. The molecule has 1 fully saturated rings. The van der Waals surface area contributed by atoms with Crippen LogP contribution >= 0.6 is 11.3 Å². The van der Waals surface area contributed by atoms with Crippen molar-refractivity contribution in [2.24, 2.45) is 0 Å². The number of carbonyl (C=O) groups excluding carboxylic acids is 1. The van der Waals surface area contributed by atoms with Gasteiger partial charge in [-0.05, 0) is 61.7 Å². The molecule has 1 N–H and O–H groups in total. The zero-order chi connectivity index (χ0) is 23.0. The van der Waals surface area contributed by atoms with Crippen LogP contribution in [0.3, 0.4) is 0 Å². The van der Waals surface area contributed by atoms with Gasteiger partial charge in [-0.15, -0.1) is 0 Å². The van der Waals surface area contributed by atoms with Crippen molar-refractivity contribution < 1.29 is 17.6 Å². The van der Waals surface area contributed by atoms with E-state index >= 15 is 0 Å². The van der Waals surface area contributed by atoms with Gasteiger partial charge in [-0.2, -0.15) is 4.31 Å². The zero-order valence-corrected chi connectivity index (χ0v) is 19.7. The topological polar surface area (TPSA) is 92.5 Å². The number of benzene rings is 2. The van der Waals surface area contributed by atoms with Gasteiger partial charge in [-0.25, -0.2) is 13.4 Å². The average molecular weight is 482 g/mol. The van der Waals surface area contributed by atoms with E-state index in [1.165, 1.54) is 15.6 Å². The van der Waals surface area contributed by atoms with Gasteiger partial charge < -0.3 is 9.73 Å². The fraction of sp³-hybridized carbons (Fsp3) is 0.250. The van der Waals surface area contributed by atoms with Crippen LogP contribution in [-0.2, 0) is 14.8 Å². The number of hydrogen-bond acceptors (Lipinski definition) is 6. The molecule has 0 bridgehead atoms. The molecule has 0 radical (unpaired) electrons. The summed E-state index contributed by atoms with van der Waals surface area (Å²) >= 11 is 1.35. The van der Waals surface area contributed by atoms with Gasteiger partial charge in [-0.1, -0.05) is 35.5 Å². The van der Waals surface area contributed by atoms with Crippen LogP contribution in [-0.4, -0.2) is 36.2 Å². The molecule has 1 aliphatic rings. The molecule has 0 spiro atoms. The third-order valence-electron chi connectivity index (χ3n) is 5.86. The monoisotopic (exact) mass is 481 g/mol. The van der Waals surface area contributed by atoms with Crippen LogP contribution in [0.15, 0.2) is 70.3 Å². The van der Waals surface area contributed by atoms with Crippen molar-refractivity contribution in [3.05, 3.63) is 66.6 Å². The summed E-state index contributed by atoms with van der Waals surface area (Å²) in [6, 6.07) is 13.7. The maximum Gasteiger partial charge on any atom is 0.244 e. The standard InChI is InChI=1S/C24H23N3O4S2/c1-16-5-8-19(9-6-16)33(29,30)27-12-3-2-4-20(27)23(28)26-24-25-15-22(32-24)18-7-10-21-17(14-18)11-13-31-21/h5-11,13-15,20H,2-4,12H2,1H3,(H,25,26,28)/t20-/m1/s1. The fourth-order valence-corrected chi connectivity index (χ4v) is 6.55. The number of furan rings is 1. The Morgan fingerprint density at radius 1 is 1.15 bits per heavy atom. The number of aryl methyl sites for hydroxylation is 1. The lowest BCUT2D eigenvalue weighted by Gasteiger charge is -2.33. The van der Waals surface area contributed by atoms with Crippen LogP contribution in [0.1, 0.15) is 24.8 Å². The Balaban J connectivity index is 1.35. The second-order valence-electron chi connectivity index (χ2n) is 8.13. The summed E-state index contributed by atoms with van der Waals surface area (Å²) in [5.74, 6) is -0.350. The molecule has 170 valence electrons. The van der Waals surface area contributed by atoms with Crippen LogP contribution in [0.25, 0.3) is 21.4 Å². The van der Waals surface area contributed by atoms with Gasteiger partial charge >= 0.3 is 0 Å². The molecule has 0 saturated carbocycles. The normalized spacial score (nSPS) is 17.3. The largest absolute Gasteiger partial charge is 0.464 e. The number of piperidine rings is 1. The molecule has 9 heteroatoms. The summed E-state index contributed by atoms with van der Waals surface area (Å²) in [5, 5.41) is 4.28. The number of rotatable bonds is 5. The number of anilines is 1. The van der Waals surface area contributed by atoms with Gasteiger partial charge in [0, 0.05) is 18.1 Å². The van der Waals surface area contributed by atoms with Gasteiger partial charge in [0.1, 0.15) is 11.6 Å². The van der Waals surface area contributed by atoms with Crippen molar-refractivity contribution in [2.75, 3.05) is 11.9 Å². The number of aromatic nitrogens is 1. The molecule has 7 nitrogen and oxygen atoms in total. The van der Waals surface area contributed by atoms with Crippen molar-refractivity contribution in [1.29, 1.82) is 0 Å². The van der Waals surface area contributed by atoms with Crippen LogP contribution in [0.4, 0.5) is 5.13 Å². The highest BCUT2D eigenvalue weighted by molar-refractivity contribution is 7.89. The quantitative estimate of drug-likeness (QED) is 0.431. The van der Waals surface area contributed by atoms with E-state index in [1.54, 1.807) is 36.7 Å². The SMILES string of the molecule is Cc1ccc(S(=O)(=O)N2CCCC[C@@H]2C(=O)Nc2ncc(-c3ccc4occc4c3)s2)cc1. The van der Waals surface area contributed by atoms with Crippen molar-refractivity contribution in [1.82, 2.24) is 9.29 Å².